The lowest BCUT2D eigenvalue weighted by Crippen LogP contribution is -2.23. The van der Waals surface area contributed by atoms with Crippen LogP contribution in [0.3, 0.4) is 0 Å². The van der Waals surface area contributed by atoms with Crippen molar-refractivity contribution in [1.82, 2.24) is 9.55 Å². The second kappa shape index (κ2) is 9.65. The molecule has 11 heteroatoms. The van der Waals surface area contributed by atoms with E-state index in [1.165, 1.54) is 30.0 Å². The van der Waals surface area contributed by atoms with Crippen molar-refractivity contribution >= 4 is 63.3 Å². The number of halogens is 2. The number of fused-ring (bicyclic) bond motifs is 1. The fourth-order valence-corrected chi connectivity index (χ4v) is 4.02. The summed E-state index contributed by atoms with van der Waals surface area (Å²) in [6.07, 6.45) is 0. The molecule has 0 aliphatic carbocycles. The van der Waals surface area contributed by atoms with Gasteiger partial charge >= 0.3 is 0 Å². The molecule has 30 heavy (non-hydrogen) atoms. The van der Waals surface area contributed by atoms with Gasteiger partial charge in [-0.25, -0.2) is 4.98 Å². The highest BCUT2D eigenvalue weighted by molar-refractivity contribution is 8.00. The highest BCUT2D eigenvalue weighted by Crippen LogP contribution is 2.31. The first-order chi connectivity index (χ1) is 14.3. The summed E-state index contributed by atoms with van der Waals surface area (Å²) in [4.78, 5) is 27.7. The lowest BCUT2D eigenvalue weighted by molar-refractivity contribution is -0.384. The molecule has 1 heterocycles. The second-order valence-corrected chi connectivity index (χ2v) is 8.49. The molecule has 1 amide bonds. The van der Waals surface area contributed by atoms with Gasteiger partial charge in [0.2, 0.25) is 5.91 Å². The molecule has 0 saturated heterocycles. The minimum atomic E-state index is -0.548. The number of nitro groups is 1. The Balaban J connectivity index is 1.82. The van der Waals surface area contributed by atoms with Crippen LogP contribution in [0.5, 0.6) is 0 Å². The Morgan fingerprint density at radius 2 is 2.10 bits per heavy atom. The van der Waals surface area contributed by atoms with E-state index in [1.807, 2.05) is 10.6 Å². The third-order valence-corrected chi connectivity index (χ3v) is 5.92. The first-order valence-corrected chi connectivity index (χ1v) is 10.5. The van der Waals surface area contributed by atoms with Gasteiger partial charge in [-0.15, -0.1) is 0 Å². The van der Waals surface area contributed by atoms with Crippen LogP contribution in [-0.2, 0) is 16.1 Å². The van der Waals surface area contributed by atoms with E-state index in [4.69, 9.17) is 27.9 Å². The smallest absolute Gasteiger partial charge is 0.271 e. The van der Waals surface area contributed by atoms with Gasteiger partial charge in [0.25, 0.3) is 5.69 Å². The molecule has 1 N–H and O–H groups in total. The van der Waals surface area contributed by atoms with Crippen LogP contribution in [0.1, 0.15) is 6.92 Å². The van der Waals surface area contributed by atoms with E-state index in [9.17, 15) is 14.9 Å². The van der Waals surface area contributed by atoms with Crippen molar-refractivity contribution in [3.05, 3.63) is 56.6 Å². The van der Waals surface area contributed by atoms with Gasteiger partial charge in [-0.05, 0) is 31.2 Å². The molecule has 0 bridgehead atoms. The molecule has 1 aromatic heterocycles. The van der Waals surface area contributed by atoms with Crippen molar-refractivity contribution < 1.29 is 14.5 Å². The minimum absolute atomic E-state index is 0.159. The van der Waals surface area contributed by atoms with E-state index < -0.39 is 10.2 Å². The molecule has 0 aliphatic rings. The van der Waals surface area contributed by atoms with E-state index in [1.54, 1.807) is 26.2 Å². The summed E-state index contributed by atoms with van der Waals surface area (Å²) >= 11 is 13.4. The average Bonchev–Trinajstić information content (AvgIpc) is 3.03. The van der Waals surface area contributed by atoms with E-state index >= 15 is 0 Å². The highest BCUT2D eigenvalue weighted by atomic mass is 35.5. The zero-order valence-electron chi connectivity index (χ0n) is 16.1. The summed E-state index contributed by atoms with van der Waals surface area (Å²) < 4.78 is 7.15. The summed E-state index contributed by atoms with van der Waals surface area (Å²) in [5, 5.41) is 14.5. The molecule has 1 unspecified atom stereocenters. The predicted molar refractivity (Wildman–Crippen MR) is 119 cm³/mol. The van der Waals surface area contributed by atoms with Crippen molar-refractivity contribution in [2.24, 2.45) is 0 Å². The van der Waals surface area contributed by atoms with Crippen LogP contribution >= 0.6 is 35.0 Å². The van der Waals surface area contributed by atoms with Gasteiger partial charge in [-0.3, -0.25) is 14.9 Å². The number of benzene rings is 2. The number of aromatic nitrogens is 2. The van der Waals surface area contributed by atoms with Crippen molar-refractivity contribution in [3.8, 4) is 0 Å². The van der Waals surface area contributed by atoms with Crippen LogP contribution in [0.4, 0.5) is 11.4 Å². The van der Waals surface area contributed by atoms with E-state index in [0.29, 0.717) is 23.3 Å². The zero-order chi connectivity index (χ0) is 21.8. The van der Waals surface area contributed by atoms with Crippen LogP contribution in [0.2, 0.25) is 10.0 Å². The number of imidazole rings is 1. The first kappa shape index (κ1) is 22.4. The van der Waals surface area contributed by atoms with Gasteiger partial charge in [-0.1, -0.05) is 35.0 Å². The van der Waals surface area contributed by atoms with Crippen LogP contribution in [0.25, 0.3) is 11.0 Å². The number of nitro benzene ring substituents is 1. The third-order valence-electron chi connectivity index (χ3n) is 4.26. The fourth-order valence-electron chi connectivity index (χ4n) is 2.74. The Morgan fingerprint density at radius 1 is 1.33 bits per heavy atom. The van der Waals surface area contributed by atoms with E-state index in [-0.39, 0.29) is 22.3 Å². The molecule has 0 spiro atoms. The molecule has 0 radical (unpaired) electrons. The maximum Gasteiger partial charge on any atom is 0.271 e. The summed E-state index contributed by atoms with van der Waals surface area (Å²) in [5.74, 6) is -0.356. The maximum absolute atomic E-state index is 12.7. The number of non-ortho nitro benzene ring substituents is 1. The quantitative estimate of drug-likeness (QED) is 0.283. The Morgan fingerprint density at radius 3 is 2.80 bits per heavy atom. The lowest BCUT2D eigenvalue weighted by Gasteiger charge is -2.14. The number of rotatable bonds is 8. The molecular weight excluding hydrogens is 451 g/mol. The summed E-state index contributed by atoms with van der Waals surface area (Å²) in [7, 11) is 1.61. The number of hydrogen-bond donors (Lipinski definition) is 1. The molecule has 2 aromatic carbocycles. The number of methoxy groups -OCH3 is 1. The second-order valence-electron chi connectivity index (χ2n) is 6.34. The molecule has 0 saturated carbocycles. The predicted octanol–water partition coefficient (Wildman–Crippen LogP) is 5.02. The third kappa shape index (κ3) is 5.04. The maximum atomic E-state index is 12.7. The number of carbonyl (C=O) groups excluding carboxylic acids is 1. The summed E-state index contributed by atoms with van der Waals surface area (Å²) in [6.45, 7) is 2.76. The summed E-state index contributed by atoms with van der Waals surface area (Å²) in [6, 6.07) is 9.30. The van der Waals surface area contributed by atoms with Gasteiger partial charge in [0.1, 0.15) is 0 Å². The van der Waals surface area contributed by atoms with Gasteiger partial charge in [0.05, 0.1) is 38.5 Å². The average molecular weight is 469 g/mol. The molecule has 3 rings (SSSR count). The van der Waals surface area contributed by atoms with Crippen molar-refractivity contribution in [2.75, 3.05) is 19.0 Å². The molecule has 3 aromatic rings. The number of nitrogens with zero attached hydrogens (tertiary/aromatic N) is 3. The van der Waals surface area contributed by atoms with Crippen LogP contribution in [-0.4, -0.2) is 39.3 Å². The van der Waals surface area contributed by atoms with Gasteiger partial charge in [0.15, 0.2) is 5.16 Å². The number of thioether (sulfide) groups is 1. The highest BCUT2D eigenvalue weighted by Gasteiger charge is 2.21. The number of amides is 1. The van der Waals surface area contributed by atoms with Gasteiger partial charge < -0.3 is 14.6 Å². The molecule has 0 aliphatic heterocycles. The van der Waals surface area contributed by atoms with Gasteiger partial charge in [0, 0.05) is 30.8 Å². The fraction of sp³-hybridized carbons (Fsp3) is 0.263. The summed E-state index contributed by atoms with van der Waals surface area (Å²) in [5.41, 5.74) is 1.62. The normalized spacial score (nSPS) is 12.1. The largest absolute Gasteiger partial charge is 0.383 e. The number of hydrogen-bond acceptors (Lipinski definition) is 6. The number of carbonyl (C=O) groups is 1. The van der Waals surface area contributed by atoms with Crippen molar-refractivity contribution in [1.29, 1.82) is 0 Å². The Bertz CT molecular complexity index is 1110. The van der Waals surface area contributed by atoms with E-state index in [2.05, 4.69) is 10.3 Å². The molecular formula is C19H18Cl2N4O4S. The molecule has 8 nitrogen and oxygen atoms in total. The van der Waals surface area contributed by atoms with Crippen LogP contribution in [0.15, 0.2) is 41.6 Å². The SMILES string of the molecule is COCCn1c(SC(C)C(=O)Nc2cc([N+](=O)[O-])ccc2Cl)nc2cc(Cl)ccc21. The Kier molecular flexibility index (Phi) is 7.19. The zero-order valence-corrected chi connectivity index (χ0v) is 18.4. The Hall–Kier alpha value is -2.33. The van der Waals surface area contributed by atoms with Crippen LogP contribution in [0, 0.1) is 10.1 Å². The monoisotopic (exact) mass is 468 g/mol. The molecule has 0 fully saturated rings. The first-order valence-electron chi connectivity index (χ1n) is 8.86. The number of nitrogens with one attached hydrogen (secondary N) is 1. The van der Waals surface area contributed by atoms with Gasteiger partial charge in [-0.2, -0.15) is 0 Å². The van der Waals surface area contributed by atoms with E-state index in [0.717, 1.165) is 11.0 Å². The van der Waals surface area contributed by atoms with Crippen LogP contribution < -0.4 is 5.32 Å². The van der Waals surface area contributed by atoms with Crippen molar-refractivity contribution in [3.63, 3.8) is 0 Å². The number of anilines is 1. The standard InChI is InChI=1S/C19H18Cl2N4O4S/c1-11(18(26)22-15-10-13(25(27)28)4-5-14(15)21)30-19-23-16-9-12(20)3-6-17(16)24(19)7-8-29-2/h3-6,9-11H,7-8H2,1-2H3,(H,22,26). The number of ether oxygens (including phenoxy) is 1. The molecule has 158 valence electrons. The minimum Gasteiger partial charge on any atom is -0.383 e. The van der Waals surface area contributed by atoms with Crippen molar-refractivity contribution in [2.45, 2.75) is 23.9 Å². The topological polar surface area (TPSA) is 99.3 Å². The Labute approximate surface area is 186 Å². The molecule has 1 atom stereocenters. The lowest BCUT2D eigenvalue weighted by atomic mass is 10.2.